The van der Waals surface area contributed by atoms with Gasteiger partial charge in [-0.3, -0.25) is 0 Å². The Morgan fingerprint density at radius 1 is 1.28 bits per heavy atom. The number of anilines is 2. The van der Waals surface area contributed by atoms with Crippen LogP contribution in [0.15, 0.2) is 0 Å². The molecule has 0 saturated heterocycles. The van der Waals surface area contributed by atoms with Crippen LogP contribution in [0.2, 0.25) is 0 Å². The third-order valence-electron chi connectivity index (χ3n) is 3.12. The highest BCUT2D eigenvalue weighted by Crippen LogP contribution is 2.34. The maximum Gasteiger partial charge on any atom is 0.322 e. The summed E-state index contributed by atoms with van der Waals surface area (Å²) in [7, 11) is 1.51. The smallest absolute Gasteiger partial charge is 0.322 e. The van der Waals surface area contributed by atoms with Gasteiger partial charge in [0.15, 0.2) is 0 Å². The molecule has 1 saturated carbocycles. The quantitative estimate of drug-likeness (QED) is 0.685. The van der Waals surface area contributed by atoms with E-state index in [9.17, 15) is 5.11 Å². The van der Waals surface area contributed by atoms with Gasteiger partial charge in [0, 0.05) is 6.54 Å². The fourth-order valence-corrected chi connectivity index (χ4v) is 1.90. The second kappa shape index (κ2) is 5.34. The van der Waals surface area contributed by atoms with E-state index in [0.717, 1.165) is 25.8 Å². The molecule has 100 valence electrons. The summed E-state index contributed by atoms with van der Waals surface area (Å²) in [5, 5.41) is 15.6. The fraction of sp³-hybridized carbons (Fsp3) is 0.727. The molecule has 7 nitrogen and oxygen atoms in total. The molecule has 18 heavy (non-hydrogen) atoms. The number of hydrogen-bond acceptors (Lipinski definition) is 7. The molecular formula is C11H19N5O2. The lowest BCUT2D eigenvalue weighted by Gasteiger charge is -2.40. The lowest BCUT2D eigenvalue weighted by Crippen LogP contribution is -2.48. The third kappa shape index (κ3) is 2.61. The maximum absolute atomic E-state index is 9.42. The fourth-order valence-electron chi connectivity index (χ4n) is 1.90. The van der Waals surface area contributed by atoms with Crippen molar-refractivity contribution in [1.29, 1.82) is 0 Å². The second-order valence-electron chi connectivity index (χ2n) is 4.42. The van der Waals surface area contributed by atoms with E-state index in [0.29, 0.717) is 11.9 Å². The summed E-state index contributed by atoms with van der Waals surface area (Å²) in [6.07, 6.45) is 2.96. The van der Waals surface area contributed by atoms with E-state index in [2.05, 4.69) is 25.6 Å². The van der Waals surface area contributed by atoms with Gasteiger partial charge in [-0.05, 0) is 26.2 Å². The van der Waals surface area contributed by atoms with Crippen molar-refractivity contribution in [1.82, 2.24) is 15.0 Å². The van der Waals surface area contributed by atoms with Crippen molar-refractivity contribution in [3.05, 3.63) is 0 Å². The molecule has 1 heterocycles. The van der Waals surface area contributed by atoms with Crippen LogP contribution in [0, 0.1) is 0 Å². The number of nitrogens with one attached hydrogen (secondary N) is 2. The standard InChI is InChI=1S/C11H19N5O2/c1-3-12-8-13-9(15-10(14-8)18-2)16-11(7-17)5-4-6-11/h17H,3-7H2,1-2H3,(H2,12,13,14,15,16). The molecule has 1 aliphatic rings. The van der Waals surface area contributed by atoms with Crippen molar-refractivity contribution >= 4 is 11.9 Å². The van der Waals surface area contributed by atoms with E-state index in [-0.39, 0.29) is 18.2 Å². The Balaban J connectivity index is 2.18. The number of ether oxygens (including phenoxy) is 1. The Kier molecular flexibility index (Phi) is 3.81. The SMILES string of the molecule is CCNc1nc(NC2(CO)CCC2)nc(OC)n1. The zero-order valence-electron chi connectivity index (χ0n) is 10.7. The van der Waals surface area contributed by atoms with Gasteiger partial charge in [0.2, 0.25) is 11.9 Å². The van der Waals surface area contributed by atoms with Crippen LogP contribution in [-0.4, -0.2) is 45.9 Å². The molecule has 0 amide bonds. The molecule has 0 spiro atoms. The first-order chi connectivity index (χ1) is 8.71. The molecule has 2 rings (SSSR count). The summed E-state index contributed by atoms with van der Waals surface area (Å²) < 4.78 is 5.04. The highest BCUT2D eigenvalue weighted by Gasteiger charge is 2.37. The highest BCUT2D eigenvalue weighted by molar-refractivity contribution is 5.38. The van der Waals surface area contributed by atoms with Gasteiger partial charge in [0.1, 0.15) is 0 Å². The van der Waals surface area contributed by atoms with Gasteiger partial charge in [-0.25, -0.2) is 0 Å². The molecule has 1 fully saturated rings. The molecule has 0 atom stereocenters. The maximum atomic E-state index is 9.42. The van der Waals surface area contributed by atoms with Crippen LogP contribution >= 0.6 is 0 Å². The summed E-state index contributed by atoms with van der Waals surface area (Å²) in [6, 6.07) is 0.260. The minimum absolute atomic E-state index is 0.0809. The van der Waals surface area contributed by atoms with Crippen LogP contribution in [0.3, 0.4) is 0 Å². The zero-order chi connectivity index (χ0) is 13.0. The monoisotopic (exact) mass is 253 g/mol. The van der Waals surface area contributed by atoms with Gasteiger partial charge in [-0.2, -0.15) is 15.0 Å². The van der Waals surface area contributed by atoms with Crippen LogP contribution in [0.25, 0.3) is 0 Å². The number of aromatic nitrogens is 3. The Morgan fingerprint density at radius 3 is 2.50 bits per heavy atom. The molecule has 1 aromatic heterocycles. The van der Waals surface area contributed by atoms with E-state index in [1.807, 2.05) is 6.92 Å². The number of aliphatic hydroxyl groups excluding tert-OH is 1. The summed E-state index contributed by atoms with van der Waals surface area (Å²) >= 11 is 0. The van der Waals surface area contributed by atoms with E-state index in [4.69, 9.17) is 4.74 Å². The summed E-state index contributed by atoms with van der Waals surface area (Å²) in [5.41, 5.74) is -0.282. The Hall–Kier alpha value is -1.63. The number of rotatable bonds is 6. The van der Waals surface area contributed by atoms with Crippen LogP contribution in [0.4, 0.5) is 11.9 Å². The van der Waals surface area contributed by atoms with Gasteiger partial charge in [-0.15, -0.1) is 0 Å². The van der Waals surface area contributed by atoms with Gasteiger partial charge in [-0.1, -0.05) is 0 Å². The molecule has 7 heteroatoms. The molecule has 1 aromatic rings. The number of hydrogen-bond donors (Lipinski definition) is 3. The first-order valence-corrected chi connectivity index (χ1v) is 6.14. The molecular weight excluding hydrogens is 234 g/mol. The van der Waals surface area contributed by atoms with E-state index < -0.39 is 0 Å². The topological polar surface area (TPSA) is 92.2 Å². The summed E-state index contributed by atoms with van der Waals surface area (Å²) in [4.78, 5) is 12.5. The van der Waals surface area contributed by atoms with Gasteiger partial charge >= 0.3 is 6.01 Å². The largest absolute Gasteiger partial charge is 0.467 e. The van der Waals surface area contributed by atoms with Crippen molar-refractivity contribution in [3.8, 4) is 6.01 Å². The minimum atomic E-state index is -0.282. The average molecular weight is 253 g/mol. The molecule has 0 aromatic carbocycles. The zero-order valence-corrected chi connectivity index (χ0v) is 10.7. The van der Waals surface area contributed by atoms with Crippen molar-refractivity contribution in [3.63, 3.8) is 0 Å². The first kappa shape index (κ1) is 12.8. The normalized spacial score (nSPS) is 16.8. The van der Waals surface area contributed by atoms with Crippen LogP contribution in [0.5, 0.6) is 6.01 Å². The van der Waals surface area contributed by atoms with E-state index in [1.165, 1.54) is 7.11 Å². The predicted molar refractivity (Wildman–Crippen MR) is 67.8 cm³/mol. The molecule has 0 radical (unpaired) electrons. The highest BCUT2D eigenvalue weighted by atomic mass is 16.5. The van der Waals surface area contributed by atoms with Crippen LogP contribution < -0.4 is 15.4 Å². The van der Waals surface area contributed by atoms with Gasteiger partial charge < -0.3 is 20.5 Å². The second-order valence-corrected chi connectivity index (χ2v) is 4.42. The van der Waals surface area contributed by atoms with E-state index >= 15 is 0 Å². The van der Waals surface area contributed by atoms with Crippen molar-refractivity contribution in [2.75, 3.05) is 30.9 Å². The minimum Gasteiger partial charge on any atom is -0.467 e. The van der Waals surface area contributed by atoms with Crippen molar-refractivity contribution in [2.45, 2.75) is 31.7 Å². The molecule has 0 unspecified atom stereocenters. The van der Waals surface area contributed by atoms with Crippen molar-refractivity contribution < 1.29 is 9.84 Å². The average Bonchev–Trinajstić information content (AvgIpc) is 2.34. The first-order valence-electron chi connectivity index (χ1n) is 6.14. The summed E-state index contributed by atoms with van der Waals surface area (Å²) in [6.45, 7) is 2.76. The molecule has 1 aliphatic carbocycles. The number of aliphatic hydroxyl groups is 1. The predicted octanol–water partition coefficient (Wildman–Crippen LogP) is 0.639. The lowest BCUT2D eigenvalue weighted by molar-refractivity contribution is 0.143. The lowest BCUT2D eigenvalue weighted by atomic mass is 9.77. The number of methoxy groups -OCH3 is 1. The van der Waals surface area contributed by atoms with Gasteiger partial charge in [0.25, 0.3) is 0 Å². The Morgan fingerprint density at radius 2 is 2.00 bits per heavy atom. The summed E-state index contributed by atoms with van der Waals surface area (Å²) in [5.74, 6) is 0.908. The van der Waals surface area contributed by atoms with Gasteiger partial charge in [0.05, 0.1) is 19.3 Å². The van der Waals surface area contributed by atoms with Crippen molar-refractivity contribution in [2.24, 2.45) is 0 Å². The molecule has 0 bridgehead atoms. The van der Waals surface area contributed by atoms with E-state index in [1.54, 1.807) is 0 Å². The molecule has 3 N–H and O–H groups in total. The Bertz CT molecular complexity index is 403. The molecule has 0 aliphatic heterocycles. The number of nitrogens with zero attached hydrogens (tertiary/aromatic N) is 3. The van der Waals surface area contributed by atoms with Crippen LogP contribution in [-0.2, 0) is 0 Å². The van der Waals surface area contributed by atoms with Crippen LogP contribution in [0.1, 0.15) is 26.2 Å². The third-order valence-corrected chi connectivity index (χ3v) is 3.12. The Labute approximate surface area is 106 Å².